The van der Waals surface area contributed by atoms with Crippen molar-refractivity contribution in [3.8, 4) is 0 Å². The molecule has 2 saturated heterocycles. The van der Waals surface area contributed by atoms with Crippen LogP contribution >= 0.6 is 0 Å². The van der Waals surface area contributed by atoms with Gasteiger partial charge in [0.2, 0.25) is 0 Å². The molecule has 2 rings (SSSR count). The Morgan fingerprint density at radius 3 is 2.55 bits per heavy atom. The third kappa shape index (κ3) is 5.22. The number of nitrogens with zero attached hydrogens (tertiary/aromatic N) is 2. The first-order chi connectivity index (χ1) is 13.7. The van der Waals surface area contributed by atoms with E-state index >= 15 is 0 Å². The van der Waals surface area contributed by atoms with E-state index in [0.717, 1.165) is 0 Å². The first-order valence-corrected chi connectivity index (χ1v) is 9.75. The van der Waals surface area contributed by atoms with Crippen molar-refractivity contribution in [2.75, 3.05) is 19.7 Å². The van der Waals surface area contributed by atoms with Crippen LogP contribution < -0.4 is 0 Å². The van der Waals surface area contributed by atoms with E-state index in [-0.39, 0.29) is 45.4 Å². The van der Waals surface area contributed by atoms with Crippen molar-refractivity contribution in [3.05, 3.63) is 25.3 Å². The number of carbonyl (C=O) groups excluding carboxylic acids is 3. The number of hydrogen-bond acceptors (Lipinski definition) is 6. The molecule has 0 radical (unpaired) electrons. The van der Waals surface area contributed by atoms with Gasteiger partial charge < -0.3 is 4.74 Å². The van der Waals surface area contributed by atoms with Crippen LogP contribution in [0.5, 0.6) is 0 Å². The fourth-order valence-corrected chi connectivity index (χ4v) is 4.15. The Hall–Kier alpha value is -2.26. The van der Waals surface area contributed by atoms with Gasteiger partial charge >= 0.3 is 5.97 Å². The fraction of sp³-hybridized carbons (Fsp3) is 0.650. The summed E-state index contributed by atoms with van der Waals surface area (Å²) >= 11 is 0. The number of hydroxylamine groups is 4. The maximum Gasteiger partial charge on any atom is 0.305 e. The summed E-state index contributed by atoms with van der Waals surface area (Å²) in [6, 6.07) is 0. The molecule has 0 saturated carbocycles. The van der Waals surface area contributed by atoms with Gasteiger partial charge in [-0.05, 0) is 32.1 Å². The lowest BCUT2D eigenvalue weighted by Gasteiger charge is -2.38. The number of carbonyl (C=O) groups is 3. The normalized spacial score (nSPS) is 30.2. The molecule has 0 aromatic heterocycles. The highest BCUT2D eigenvalue weighted by Crippen LogP contribution is 2.39. The molecule has 2 fully saturated rings. The molecule has 3 unspecified atom stereocenters. The molecule has 2 heterocycles. The van der Waals surface area contributed by atoms with Crippen molar-refractivity contribution in [1.29, 1.82) is 0 Å². The zero-order valence-electron chi connectivity index (χ0n) is 16.5. The molecular formula is C20H29FN2O6. The second-order valence-corrected chi connectivity index (χ2v) is 7.90. The maximum atomic E-state index is 14.8. The van der Waals surface area contributed by atoms with Gasteiger partial charge in [0, 0.05) is 25.3 Å². The van der Waals surface area contributed by atoms with Crippen LogP contribution in [-0.2, 0) is 19.1 Å². The van der Waals surface area contributed by atoms with Crippen molar-refractivity contribution in [2.24, 2.45) is 11.3 Å². The molecule has 0 bridgehead atoms. The van der Waals surface area contributed by atoms with Gasteiger partial charge in [0.15, 0.2) is 5.67 Å². The number of halogens is 1. The second kappa shape index (κ2) is 9.49. The predicted octanol–water partition coefficient (Wildman–Crippen LogP) is 2.41. The molecule has 2 N–H and O–H groups in total. The number of hydrogen-bond donors (Lipinski definition) is 2. The first kappa shape index (κ1) is 23.0. The molecule has 0 aromatic rings. The molecule has 0 spiro atoms. The molecule has 2 aliphatic heterocycles. The lowest BCUT2D eigenvalue weighted by Crippen LogP contribution is -2.53. The Morgan fingerprint density at radius 1 is 1.21 bits per heavy atom. The molecule has 2 aliphatic rings. The second-order valence-electron chi connectivity index (χ2n) is 7.90. The van der Waals surface area contributed by atoms with E-state index in [1.807, 2.05) is 0 Å². The summed E-state index contributed by atoms with van der Waals surface area (Å²) in [7, 11) is 0. The molecule has 8 nitrogen and oxygen atoms in total. The Labute approximate surface area is 169 Å². The number of amides is 2. The maximum absolute atomic E-state index is 14.8. The Balaban J connectivity index is 1.90. The van der Waals surface area contributed by atoms with Crippen LogP contribution in [0.4, 0.5) is 4.39 Å². The van der Waals surface area contributed by atoms with Gasteiger partial charge in [-0.25, -0.2) is 14.5 Å². The minimum atomic E-state index is -2.26. The van der Waals surface area contributed by atoms with E-state index in [4.69, 9.17) is 4.74 Å². The van der Waals surface area contributed by atoms with E-state index in [0.29, 0.717) is 29.4 Å². The Bertz CT molecular complexity index is 671. The summed E-state index contributed by atoms with van der Waals surface area (Å²) in [5, 5.41) is 20.5. The summed E-state index contributed by atoms with van der Waals surface area (Å²) in [6.07, 6.45) is 4.10. The molecule has 29 heavy (non-hydrogen) atoms. The van der Waals surface area contributed by atoms with Crippen LogP contribution in [0.3, 0.4) is 0 Å². The summed E-state index contributed by atoms with van der Waals surface area (Å²) in [5.41, 5.74) is -3.15. The summed E-state index contributed by atoms with van der Waals surface area (Å²) in [4.78, 5) is 36.5. The molecule has 9 heteroatoms. The standard InChI is InChI=1S/C20H29FN2O6/c1-3-7-19(9-5-11-22(27)17(19)25)10-6-16(24)29-14-15-12-20(21,8-4-2)18(26)23(28)13-15/h3-4,15,27-28H,1-2,5-14H2. The average molecular weight is 412 g/mol. The van der Waals surface area contributed by atoms with Gasteiger partial charge in [-0.15, -0.1) is 13.2 Å². The topological polar surface area (TPSA) is 107 Å². The number of ether oxygens (including phenoxy) is 1. The predicted molar refractivity (Wildman–Crippen MR) is 100 cm³/mol. The third-order valence-electron chi connectivity index (χ3n) is 5.67. The van der Waals surface area contributed by atoms with Gasteiger partial charge in [0.05, 0.1) is 18.6 Å². The zero-order valence-corrected chi connectivity index (χ0v) is 16.5. The molecular weight excluding hydrogens is 383 g/mol. The summed E-state index contributed by atoms with van der Waals surface area (Å²) in [5.74, 6) is -2.57. The summed E-state index contributed by atoms with van der Waals surface area (Å²) < 4.78 is 20.0. The average Bonchev–Trinajstić information content (AvgIpc) is 2.67. The van der Waals surface area contributed by atoms with Gasteiger partial charge in [0.1, 0.15) is 0 Å². The molecule has 0 aromatic carbocycles. The van der Waals surface area contributed by atoms with Crippen LogP contribution in [-0.4, -0.2) is 63.7 Å². The number of alkyl halides is 1. The number of piperidine rings is 2. The van der Waals surface area contributed by atoms with Crippen molar-refractivity contribution < 1.29 is 33.9 Å². The number of esters is 1. The number of allylic oxidation sites excluding steroid dienone is 2. The minimum Gasteiger partial charge on any atom is -0.465 e. The van der Waals surface area contributed by atoms with Gasteiger partial charge in [-0.1, -0.05) is 12.2 Å². The van der Waals surface area contributed by atoms with Crippen molar-refractivity contribution in [1.82, 2.24) is 10.1 Å². The van der Waals surface area contributed by atoms with Gasteiger partial charge in [-0.3, -0.25) is 24.8 Å². The summed E-state index contributed by atoms with van der Waals surface area (Å²) in [6.45, 7) is 7.06. The van der Waals surface area contributed by atoms with E-state index < -0.39 is 34.8 Å². The zero-order chi connectivity index (χ0) is 21.7. The highest BCUT2D eigenvalue weighted by atomic mass is 19.1. The first-order valence-electron chi connectivity index (χ1n) is 9.75. The fourth-order valence-electron chi connectivity index (χ4n) is 4.15. The van der Waals surface area contributed by atoms with Crippen LogP contribution in [0.15, 0.2) is 25.3 Å². The monoisotopic (exact) mass is 412 g/mol. The smallest absolute Gasteiger partial charge is 0.305 e. The quantitative estimate of drug-likeness (QED) is 0.342. The van der Waals surface area contributed by atoms with Gasteiger partial charge in [-0.2, -0.15) is 0 Å². The highest BCUT2D eigenvalue weighted by Gasteiger charge is 2.47. The van der Waals surface area contributed by atoms with E-state index in [1.54, 1.807) is 6.08 Å². The van der Waals surface area contributed by atoms with Crippen LogP contribution in [0.2, 0.25) is 0 Å². The molecule has 2 amide bonds. The van der Waals surface area contributed by atoms with Gasteiger partial charge in [0.25, 0.3) is 11.8 Å². The third-order valence-corrected chi connectivity index (χ3v) is 5.67. The minimum absolute atomic E-state index is 0.0463. The van der Waals surface area contributed by atoms with E-state index in [9.17, 15) is 29.2 Å². The number of rotatable bonds is 9. The molecule has 3 atom stereocenters. The Morgan fingerprint density at radius 2 is 1.90 bits per heavy atom. The molecule has 0 aliphatic carbocycles. The van der Waals surface area contributed by atoms with E-state index in [1.165, 1.54) is 6.08 Å². The van der Waals surface area contributed by atoms with Crippen LogP contribution in [0.25, 0.3) is 0 Å². The Kier molecular flexibility index (Phi) is 7.54. The lowest BCUT2D eigenvalue weighted by molar-refractivity contribution is -0.195. The van der Waals surface area contributed by atoms with Crippen LogP contribution in [0.1, 0.15) is 44.9 Å². The van der Waals surface area contributed by atoms with Crippen molar-refractivity contribution in [3.63, 3.8) is 0 Å². The lowest BCUT2D eigenvalue weighted by atomic mass is 9.73. The van der Waals surface area contributed by atoms with Crippen molar-refractivity contribution >= 4 is 17.8 Å². The van der Waals surface area contributed by atoms with Crippen LogP contribution in [0, 0.1) is 11.3 Å². The molecule has 162 valence electrons. The highest BCUT2D eigenvalue weighted by molar-refractivity contribution is 5.85. The largest absolute Gasteiger partial charge is 0.465 e. The SMILES string of the molecule is C=CCC1(F)CC(COC(=O)CCC2(CC=C)CCCN(O)C2=O)CN(O)C1=O. The van der Waals surface area contributed by atoms with Crippen molar-refractivity contribution in [2.45, 2.75) is 50.6 Å². The van der Waals surface area contributed by atoms with E-state index in [2.05, 4.69) is 13.2 Å².